The van der Waals surface area contributed by atoms with Gasteiger partial charge in [-0.15, -0.1) is 5.10 Å². The summed E-state index contributed by atoms with van der Waals surface area (Å²) >= 11 is 5.97. The molecule has 0 radical (unpaired) electrons. The van der Waals surface area contributed by atoms with Gasteiger partial charge in [0.2, 0.25) is 15.7 Å². The Labute approximate surface area is 147 Å². The van der Waals surface area contributed by atoms with Crippen molar-refractivity contribution in [3.8, 4) is 0 Å². The van der Waals surface area contributed by atoms with E-state index in [-0.39, 0.29) is 23.9 Å². The molecule has 0 saturated heterocycles. The Bertz CT molecular complexity index is 982. The number of carbonyl (C=O) groups excluding carboxylic acids is 1. The largest absolute Gasteiger partial charge is 0.459 e. The Morgan fingerprint density at radius 1 is 1.16 bits per heavy atom. The summed E-state index contributed by atoms with van der Waals surface area (Å²) < 4.78 is 34.7. The Morgan fingerprint density at radius 3 is 2.68 bits per heavy atom. The third kappa shape index (κ3) is 4.06. The molecular formula is C15H12ClN3O5S. The molecule has 8 nitrogen and oxygen atoms in total. The number of nitrogens with zero attached hydrogens (tertiary/aromatic N) is 2. The highest BCUT2D eigenvalue weighted by Crippen LogP contribution is 2.21. The highest BCUT2D eigenvalue weighted by molar-refractivity contribution is 7.90. The second-order valence-corrected chi connectivity index (χ2v) is 7.25. The van der Waals surface area contributed by atoms with Crippen molar-refractivity contribution >= 4 is 27.3 Å². The van der Waals surface area contributed by atoms with Crippen LogP contribution in [0.1, 0.15) is 22.0 Å². The predicted molar refractivity (Wildman–Crippen MR) is 86.5 cm³/mol. The van der Waals surface area contributed by atoms with Crippen molar-refractivity contribution < 1.29 is 22.0 Å². The zero-order valence-corrected chi connectivity index (χ0v) is 14.2. The van der Waals surface area contributed by atoms with Crippen LogP contribution < -0.4 is 5.32 Å². The molecule has 1 N–H and O–H groups in total. The Hall–Kier alpha value is -2.65. The van der Waals surface area contributed by atoms with Gasteiger partial charge in [-0.25, -0.2) is 8.42 Å². The van der Waals surface area contributed by atoms with Gasteiger partial charge in [-0.2, -0.15) is 0 Å². The first-order valence-electron chi connectivity index (χ1n) is 7.06. The van der Waals surface area contributed by atoms with Crippen molar-refractivity contribution in [1.82, 2.24) is 15.5 Å². The number of aromatic nitrogens is 2. The normalized spacial score (nSPS) is 11.4. The van der Waals surface area contributed by atoms with Gasteiger partial charge in [-0.1, -0.05) is 34.9 Å². The summed E-state index contributed by atoms with van der Waals surface area (Å²) in [5, 5.41) is 9.44. The van der Waals surface area contributed by atoms with E-state index in [4.69, 9.17) is 20.4 Å². The predicted octanol–water partition coefficient (Wildman–Crippen LogP) is 2.22. The summed E-state index contributed by atoms with van der Waals surface area (Å²) in [7, 11) is -3.85. The fourth-order valence-corrected chi connectivity index (χ4v) is 3.42. The van der Waals surface area contributed by atoms with Gasteiger partial charge >= 0.3 is 5.22 Å². The number of hydrogen-bond donors (Lipinski definition) is 1. The Balaban J connectivity index is 1.68. The quantitative estimate of drug-likeness (QED) is 0.695. The SMILES string of the molecule is O=C(NCc1nnc(S(=O)(=O)Cc2ccccc2Cl)o1)c1ccco1. The second-order valence-electron chi connectivity index (χ2n) is 4.97. The lowest BCUT2D eigenvalue weighted by molar-refractivity contribution is 0.0919. The number of rotatable bonds is 6. The zero-order chi connectivity index (χ0) is 17.9. The molecule has 3 aromatic rings. The maximum absolute atomic E-state index is 12.3. The lowest BCUT2D eigenvalue weighted by Gasteiger charge is -2.02. The second kappa shape index (κ2) is 7.08. The number of halogens is 1. The molecule has 2 aromatic heterocycles. The van der Waals surface area contributed by atoms with Crippen molar-refractivity contribution in [1.29, 1.82) is 0 Å². The lowest BCUT2D eigenvalue weighted by Crippen LogP contribution is -2.22. The minimum absolute atomic E-state index is 0.0439. The number of sulfone groups is 1. The summed E-state index contributed by atoms with van der Waals surface area (Å²) in [5.41, 5.74) is 0.426. The highest BCUT2D eigenvalue weighted by Gasteiger charge is 2.24. The molecule has 3 rings (SSSR count). The number of benzene rings is 1. The van der Waals surface area contributed by atoms with Gasteiger partial charge in [0.1, 0.15) is 0 Å². The molecule has 2 heterocycles. The van der Waals surface area contributed by atoms with E-state index in [1.807, 2.05) is 0 Å². The van der Waals surface area contributed by atoms with E-state index in [2.05, 4.69) is 15.5 Å². The van der Waals surface area contributed by atoms with Crippen LogP contribution in [0.2, 0.25) is 5.02 Å². The molecule has 0 atom stereocenters. The molecule has 0 fully saturated rings. The van der Waals surface area contributed by atoms with Crippen LogP contribution in [0.25, 0.3) is 0 Å². The maximum Gasteiger partial charge on any atom is 0.335 e. The van der Waals surface area contributed by atoms with E-state index >= 15 is 0 Å². The molecule has 1 amide bonds. The monoisotopic (exact) mass is 381 g/mol. The number of hydrogen-bond acceptors (Lipinski definition) is 7. The standard InChI is InChI=1S/C15H12ClN3O5S/c16-11-5-2-1-4-10(11)9-25(21,22)15-19-18-13(24-15)8-17-14(20)12-6-3-7-23-12/h1-7H,8-9H2,(H,17,20). The van der Waals surface area contributed by atoms with Crippen LogP contribution in [0.3, 0.4) is 0 Å². The van der Waals surface area contributed by atoms with Crippen molar-refractivity contribution in [3.05, 3.63) is 64.9 Å². The molecular weight excluding hydrogens is 370 g/mol. The average Bonchev–Trinajstić information content (AvgIpc) is 3.26. The number of carbonyl (C=O) groups is 1. The minimum atomic E-state index is -3.85. The molecule has 130 valence electrons. The first kappa shape index (κ1) is 17.2. The topological polar surface area (TPSA) is 115 Å². The van der Waals surface area contributed by atoms with E-state index < -0.39 is 21.0 Å². The number of furan rings is 1. The Kier molecular flexibility index (Phi) is 4.86. The van der Waals surface area contributed by atoms with E-state index in [1.54, 1.807) is 30.3 Å². The molecule has 0 aliphatic rings. The molecule has 0 aliphatic heterocycles. The van der Waals surface area contributed by atoms with Crippen LogP contribution in [-0.2, 0) is 22.1 Å². The van der Waals surface area contributed by atoms with Crippen molar-refractivity contribution in [3.63, 3.8) is 0 Å². The molecule has 10 heteroatoms. The molecule has 0 saturated carbocycles. The van der Waals surface area contributed by atoms with E-state index in [9.17, 15) is 13.2 Å². The van der Waals surface area contributed by atoms with Crippen LogP contribution in [0.5, 0.6) is 0 Å². The van der Waals surface area contributed by atoms with E-state index in [1.165, 1.54) is 12.3 Å². The smallest absolute Gasteiger partial charge is 0.335 e. The summed E-state index contributed by atoms with van der Waals surface area (Å²) in [5.74, 6) is -0.778. The van der Waals surface area contributed by atoms with Crippen LogP contribution in [0, 0.1) is 0 Å². The van der Waals surface area contributed by atoms with Crippen molar-refractivity contribution in [2.45, 2.75) is 17.5 Å². The number of nitrogens with one attached hydrogen (secondary N) is 1. The van der Waals surface area contributed by atoms with Crippen LogP contribution in [0.4, 0.5) is 0 Å². The fraction of sp³-hybridized carbons (Fsp3) is 0.133. The fourth-order valence-electron chi connectivity index (χ4n) is 1.97. The van der Waals surface area contributed by atoms with Gasteiger partial charge in [-0.3, -0.25) is 4.79 Å². The van der Waals surface area contributed by atoms with E-state index in [0.717, 1.165) is 0 Å². The summed E-state index contributed by atoms with van der Waals surface area (Å²) in [6, 6.07) is 9.63. The van der Waals surface area contributed by atoms with Gasteiger partial charge in [0.05, 0.1) is 18.6 Å². The minimum Gasteiger partial charge on any atom is -0.459 e. The lowest BCUT2D eigenvalue weighted by atomic mass is 10.2. The van der Waals surface area contributed by atoms with Crippen LogP contribution in [0.15, 0.2) is 56.7 Å². The van der Waals surface area contributed by atoms with Crippen LogP contribution in [-0.4, -0.2) is 24.5 Å². The highest BCUT2D eigenvalue weighted by atomic mass is 35.5. The molecule has 0 spiro atoms. The van der Waals surface area contributed by atoms with Gasteiger partial charge in [-0.05, 0) is 23.8 Å². The first-order chi connectivity index (χ1) is 12.0. The summed E-state index contributed by atoms with van der Waals surface area (Å²) in [6.45, 7) is -0.131. The third-order valence-corrected chi connectivity index (χ3v) is 4.92. The van der Waals surface area contributed by atoms with E-state index in [0.29, 0.717) is 10.6 Å². The third-order valence-electron chi connectivity index (χ3n) is 3.16. The van der Waals surface area contributed by atoms with Gasteiger partial charge < -0.3 is 14.2 Å². The Morgan fingerprint density at radius 2 is 1.96 bits per heavy atom. The van der Waals surface area contributed by atoms with Gasteiger partial charge in [0.15, 0.2) is 5.76 Å². The number of amides is 1. The van der Waals surface area contributed by atoms with Crippen molar-refractivity contribution in [2.24, 2.45) is 0 Å². The van der Waals surface area contributed by atoms with Gasteiger partial charge in [0.25, 0.3) is 5.91 Å². The molecule has 0 bridgehead atoms. The zero-order valence-electron chi connectivity index (χ0n) is 12.7. The van der Waals surface area contributed by atoms with Gasteiger partial charge in [0, 0.05) is 5.02 Å². The molecule has 1 aromatic carbocycles. The van der Waals surface area contributed by atoms with Crippen molar-refractivity contribution in [2.75, 3.05) is 0 Å². The summed E-state index contributed by atoms with van der Waals surface area (Å²) in [6.07, 6.45) is 1.36. The average molecular weight is 382 g/mol. The molecule has 0 unspecified atom stereocenters. The van der Waals surface area contributed by atoms with Crippen LogP contribution >= 0.6 is 11.6 Å². The first-order valence-corrected chi connectivity index (χ1v) is 9.09. The molecule has 0 aliphatic carbocycles. The maximum atomic E-state index is 12.3. The molecule has 25 heavy (non-hydrogen) atoms. The summed E-state index contributed by atoms with van der Waals surface area (Å²) in [4.78, 5) is 11.7.